The highest BCUT2D eigenvalue weighted by Gasteiger charge is 2.13. The molecule has 0 fully saturated rings. The van der Waals surface area contributed by atoms with Crippen molar-refractivity contribution in [2.45, 2.75) is 13.0 Å². The third-order valence-corrected chi connectivity index (χ3v) is 4.70. The number of aryl methyl sites for hydroxylation is 1. The van der Waals surface area contributed by atoms with E-state index in [0.717, 1.165) is 20.1 Å². The normalized spacial score (nSPS) is 12.4. The average Bonchev–Trinajstić information content (AvgIpc) is 2.77. The lowest BCUT2D eigenvalue weighted by atomic mass is 10.2. The van der Waals surface area contributed by atoms with Crippen LogP contribution in [0.2, 0.25) is 5.02 Å². The monoisotopic (exact) mass is 344 g/mol. The smallest absolute Gasteiger partial charge is 0.0729 e. The Morgan fingerprint density at radius 3 is 2.83 bits per heavy atom. The summed E-state index contributed by atoms with van der Waals surface area (Å²) in [5.74, 6) is 0. The number of anilines is 1. The fraction of sp³-hybridized carbons (Fsp3) is 0.231. The van der Waals surface area contributed by atoms with Crippen LogP contribution in [0.25, 0.3) is 0 Å². The highest BCUT2D eigenvalue weighted by Crippen LogP contribution is 2.30. The van der Waals surface area contributed by atoms with Gasteiger partial charge in [-0.25, -0.2) is 0 Å². The second-order valence-corrected chi connectivity index (χ2v) is 6.32. The second-order valence-electron chi connectivity index (χ2n) is 4.08. The molecule has 2 aromatic rings. The zero-order chi connectivity index (χ0) is 13.1. The number of halogens is 2. The molecule has 2 rings (SSSR count). The van der Waals surface area contributed by atoms with Gasteiger partial charge in [0.25, 0.3) is 0 Å². The van der Waals surface area contributed by atoms with Crippen LogP contribution in [0, 0.1) is 6.92 Å². The molecule has 0 aliphatic rings. The molecule has 1 aromatic heterocycles. The van der Waals surface area contributed by atoms with Crippen LogP contribution in [-0.2, 0) is 0 Å². The van der Waals surface area contributed by atoms with Gasteiger partial charge >= 0.3 is 0 Å². The van der Waals surface area contributed by atoms with Gasteiger partial charge < -0.3 is 11.1 Å². The van der Waals surface area contributed by atoms with Gasteiger partial charge in [-0.15, -0.1) is 11.3 Å². The van der Waals surface area contributed by atoms with E-state index in [0.29, 0.717) is 6.54 Å². The Hall–Kier alpha value is -0.550. The topological polar surface area (TPSA) is 38.0 Å². The maximum Gasteiger partial charge on any atom is 0.0729 e. The lowest BCUT2D eigenvalue weighted by Gasteiger charge is -2.18. The van der Waals surface area contributed by atoms with Gasteiger partial charge in [-0.05, 0) is 46.6 Å². The number of hydrogen-bond donors (Lipinski definition) is 2. The van der Waals surface area contributed by atoms with Gasteiger partial charge in [0.2, 0.25) is 0 Å². The zero-order valence-corrected chi connectivity index (χ0v) is 13.1. The van der Waals surface area contributed by atoms with E-state index in [9.17, 15) is 0 Å². The van der Waals surface area contributed by atoms with Crippen LogP contribution in [0.15, 0.2) is 34.1 Å². The SMILES string of the molecule is Cc1ccc(Br)c(NC(CN)c2cc(Cl)cs2)c1. The van der Waals surface area contributed by atoms with E-state index in [2.05, 4.69) is 40.3 Å². The van der Waals surface area contributed by atoms with Crippen molar-refractivity contribution in [2.24, 2.45) is 5.73 Å². The van der Waals surface area contributed by atoms with Crippen molar-refractivity contribution >= 4 is 44.6 Å². The molecule has 0 saturated carbocycles. The van der Waals surface area contributed by atoms with Crippen LogP contribution in [0.5, 0.6) is 0 Å². The minimum atomic E-state index is 0.0839. The molecule has 0 radical (unpaired) electrons. The minimum absolute atomic E-state index is 0.0839. The molecule has 1 heterocycles. The molecule has 1 aromatic carbocycles. The molecule has 96 valence electrons. The quantitative estimate of drug-likeness (QED) is 0.851. The zero-order valence-electron chi connectivity index (χ0n) is 9.91. The molecule has 0 spiro atoms. The molecule has 0 saturated heterocycles. The third-order valence-electron chi connectivity index (χ3n) is 2.62. The lowest BCUT2D eigenvalue weighted by molar-refractivity contribution is 0.805. The Kier molecular flexibility index (Phi) is 4.67. The Bertz CT molecular complexity index is 542. The van der Waals surface area contributed by atoms with Gasteiger partial charge in [0.15, 0.2) is 0 Å². The summed E-state index contributed by atoms with van der Waals surface area (Å²) in [6.45, 7) is 2.59. The van der Waals surface area contributed by atoms with Crippen LogP contribution < -0.4 is 11.1 Å². The first-order valence-electron chi connectivity index (χ1n) is 5.57. The Morgan fingerprint density at radius 2 is 2.22 bits per heavy atom. The van der Waals surface area contributed by atoms with Crippen LogP contribution >= 0.6 is 38.9 Å². The fourth-order valence-electron chi connectivity index (χ4n) is 1.69. The van der Waals surface area contributed by atoms with Crippen molar-refractivity contribution in [1.29, 1.82) is 0 Å². The molecule has 5 heteroatoms. The number of nitrogens with one attached hydrogen (secondary N) is 1. The number of hydrogen-bond acceptors (Lipinski definition) is 3. The van der Waals surface area contributed by atoms with E-state index in [1.807, 2.05) is 17.5 Å². The van der Waals surface area contributed by atoms with E-state index in [1.165, 1.54) is 5.56 Å². The molecule has 0 bridgehead atoms. The van der Waals surface area contributed by atoms with Gasteiger partial charge in [-0.1, -0.05) is 17.7 Å². The van der Waals surface area contributed by atoms with Crippen LogP contribution in [0.3, 0.4) is 0 Å². The van der Waals surface area contributed by atoms with Crippen molar-refractivity contribution in [3.8, 4) is 0 Å². The average molecular weight is 346 g/mol. The first kappa shape index (κ1) is 13.9. The van der Waals surface area contributed by atoms with Gasteiger partial charge in [0, 0.05) is 27.0 Å². The summed E-state index contributed by atoms with van der Waals surface area (Å²) in [6, 6.07) is 8.24. The second kappa shape index (κ2) is 6.06. The van der Waals surface area contributed by atoms with Crippen molar-refractivity contribution in [2.75, 3.05) is 11.9 Å². The Morgan fingerprint density at radius 1 is 1.44 bits per heavy atom. The molecule has 0 amide bonds. The molecule has 0 aliphatic carbocycles. The summed E-state index contributed by atoms with van der Waals surface area (Å²) < 4.78 is 1.04. The minimum Gasteiger partial charge on any atom is -0.375 e. The van der Waals surface area contributed by atoms with E-state index in [-0.39, 0.29) is 6.04 Å². The molecule has 3 N–H and O–H groups in total. The first-order valence-corrected chi connectivity index (χ1v) is 7.62. The molecule has 18 heavy (non-hydrogen) atoms. The first-order chi connectivity index (χ1) is 8.60. The molecule has 2 nitrogen and oxygen atoms in total. The molecule has 0 aliphatic heterocycles. The van der Waals surface area contributed by atoms with Crippen LogP contribution in [0.4, 0.5) is 5.69 Å². The predicted octanol–water partition coefficient (Wildman–Crippen LogP) is 4.58. The van der Waals surface area contributed by atoms with Crippen molar-refractivity contribution < 1.29 is 0 Å². The maximum atomic E-state index is 5.95. The summed E-state index contributed by atoms with van der Waals surface area (Å²) >= 11 is 11.1. The molecular formula is C13H14BrClN2S. The highest BCUT2D eigenvalue weighted by molar-refractivity contribution is 9.10. The Labute approximate surface area is 124 Å². The number of rotatable bonds is 4. The van der Waals surface area contributed by atoms with Crippen molar-refractivity contribution in [1.82, 2.24) is 0 Å². The van der Waals surface area contributed by atoms with Gasteiger partial charge in [0.1, 0.15) is 0 Å². The summed E-state index contributed by atoms with van der Waals surface area (Å²) in [4.78, 5) is 1.15. The number of benzene rings is 1. The third kappa shape index (κ3) is 3.26. The summed E-state index contributed by atoms with van der Waals surface area (Å²) in [6.07, 6.45) is 0. The summed E-state index contributed by atoms with van der Waals surface area (Å²) in [5.41, 5.74) is 8.10. The largest absolute Gasteiger partial charge is 0.375 e. The van der Waals surface area contributed by atoms with E-state index in [1.54, 1.807) is 11.3 Å². The fourth-order valence-corrected chi connectivity index (χ4v) is 3.20. The molecular weight excluding hydrogens is 332 g/mol. The Balaban J connectivity index is 2.22. The van der Waals surface area contributed by atoms with Gasteiger partial charge in [0.05, 0.1) is 11.1 Å². The number of thiophene rings is 1. The maximum absolute atomic E-state index is 5.95. The predicted molar refractivity (Wildman–Crippen MR) is 83.6 cm³/mol. The van der Waals surface area contributed by atoms with Crippen molar-refractivity contribution in [3.05, 3.63) is 49.6 Å². The standard InChI is InChI=1S/C13H14BrClN2S/c1-8-2-3-10(14)11(4-8)17-12(6-16)13-5-9(15)7-18-13/h2-5,7,12,17H,6,16H2,1H3. The summed E-state index contributed by atoms with van der Waals surface area (Å²) in [5, 5.41) is 6.13. The van der Waals surface area contributed by atoms with E-state index >= 15 is 0 Å². The van der Waals surface area contributed by atoms with Crippen LogP contribution in [-0.4, -0.2) is 6.54 Å². The highest BCUT2D eigenvalue weighted by atomic mass is 79.9. The van der Waals surface area contributed by atoms with Crippen molar-refractivity contribution in [3.63, 3.8) is 0 Å². The van der Waals surface area contributed by atoms with E-state index < -0.39 is 0 Å². The van der Waals surface area contributed by atoms with Crippen LogP contribution in [0.1, 0.15) is 16.5 Å². The van der Waals surface area contributed by atoms with Gasteiger partial charge in [-0.2, -0.15) is 0 Å². The molecule has 1 atom stereocenters. The molecule has 1 unspecified atom stereocenters. The van der Waals surface area contributed by atoms with Gasteiger partial charge in [-0.3, -0.25) is 0 Å². The lowest BCUT2D eigenvalue weighted by Crippen LogP contribution is -2.19. The number of nitrogens with two attached hydrogens (primary N) is 1. The summed E-state index contributed by atoms with van der Waals surface area (Å²) in [7, 11) is 0. The van der Waals surface area contributed by atoms with E-state index in [4.69, 9.17) is 17.3 Å².